The van der Waals surface area contributed by atoms with Crippen molar-refractivity contribution in [2.24, 2.45) is 5.73 Å². The second-order valence-corrected chi connectivity index (χ2v) is 7.46. The number of hydrogen-bond acceptors (Lipinski definition) is 7. The average molecular weight is 410 g/mol. The maximum absolute atomic E-state index is 11.6. The zero-order chi connectivity index (χ0) is 21.0. The molecule has 0 fully saturated rings. The van der Waals surface area contributed by atoms with Crippen molar-refractivity contribution in [3.8, 4) is 17.0 Å². The van der Waals surface area contributed by atoms with Gasteiger partial charge in [0.1, 0.15) is 5.75 Å². The van der Waals surface area contributed by atoms with E-state index in [9.17, 15) is 4.79 Å². The van der Waals surface area contributed by atoms with Crippen molar-refractivity contribution in [2.45, 2.75) is 20.0 Å². The largest absolute Gasteiger partial charge is 0.489 e. The zero-order valence-corrected chi connectivity index (χ0v) is 17.3. The van der Waals surface area contributed by atoms with E-state index >= 15 is 0 Å². The highest BCUT2D eigenvalue weighted by molar-refractivity contribution is 7.14. The molecule has 2 aromatic carbocycles. The second kappa shape index (κ2) is 8.74. The first-order valence-electron chi connectivity index (χ1n) is 9.07. The van der Waals surface area contributed by atoms with Gasteiger partial charge in [0, 0.05) is 41.0 Å². The molecule has 0 saturated heterocycles. The first kappa shape index (κ1) is 20.3. The molecule has 5 N–H and O–H groups in total. The first-order chi connectivity index (χ1) is 13.9. The lowest BCUT2D eigenvalue weighted by atomic mass is 10.1. The number of benzene rings is 2. The Balaban J connectivity index is 1.91. The summed E-state index contributed by atoms with van der Waals surface area (Å²) in [4.78, 5) is 16.2. The normalized spacial score (nSPS) is 10.6. The lowest BCUT2D eigenvalue weighted by Gasteiger charge is -2.15. The summed E-state index contributed by atoms with van der Waals surface area (Å²) in [6.07, 6.45) is 1.29. The number of thiazole rings is 1. The monoisotopic (exact) mass is 409 g/mol. The van der Waals surface area contributed by atoms with E-state index in [-0.39, 0.29) is 6.10 Å². The summed E-state index contributed by atoms with van der Waals surface area (Å²) in [5, 5.41) is 16.5. The van der Waals surface area contributed by atoms with E-state index in [0.717, 1.165) is 22.5 Å². The minimum absolute atomic E-state index is 0.0212. The molecular formula is C21H23N5O2S. The number of hydrogen-bond donors (Lipinski definition) is 4. The third-order valence-electron chi connectivity index (χ3n) is 4.14. The molecular weight excluding hydrogens is 386 g/mol. The number of rotatable bonds is 8. The Bertz CT molecular complexity index is 1050. The summed E-state index contributed by atoms with van der Waals surface area (Å²) >= 11 is 1.44. The van der Waals surface area contributed by atoms with Gasteiger partial charge in [0.2, 0.25) is 5.91 Å². The van der Waals surface area contributed by atoms with Gasteiger partial charge in [0.05, 0.1) is 17.5 Å². The highest BCUT2D eigenvalue weighted by Gasteiger charge is 2.13. The molecule has 0 unspecified atom stereocenters. The summed E-state index contributed by atoms with van der Waals surface area (Å²) in [6.45, 7) is 3.87. The van der Waals surface area contributed by atoms with Gasteiger partial charge in [-0.15, -0.1) is 11.3 Å². The van der Waals surface area contributed by atoms with E-state index < -0.39 is 5.91 Å². The summed E-state index contributed by atoms with van der Waals surface area (Å²) in [5.41, 5.74) is 9.81. The minimum Gasteiger partial charge on any atom is -0.489 e. The standard InChI is InChI=1S/C21H23N5O2S/c1-12(2)28-19-7-5-14(20(23)27)9-17(19)25-21-26-18(11-29-21)13-4-6-16(24-3)15(8-13)10-22/h4-12,22,24H,1-3H3,(H2,23,27)(H,25,26). The fourth-order valence-electron chi connectivity index (χ4n) is 2.79. The molecule has 0 bridgehead atoms. The number of carbonyl (C=O) groups is 1. The van der Waals surface area contributed by atoms with Crippen LogP contribution in [0.1, 0.15) is 29.8 Å². The van der Waals surface area contributed by atoms with Crippen LogP contribution in [-0.2, 0) is 0 Å². The quantitative estimate of drug-likeness (QED) is 0.410. The molecule has 0 saturated carbocycles. The molecule has 0 aliphatic rings. The van der Waals surface area contributed by atoms with Crippen LogP contribution in [0.15, 0.2) is 41.8 Å². The summed E-state index contributed by atoms with van der Waals surface area (Å²) in [5.74, 6) is 0.110. The summed E-state index contributed by atoms with van der Waals surface area (Å²) < 4.78 is 5.83. The highest BCUT2D eigenvalue weighted by Crippen LogP contribution is 2.33. The Hall–Kier alpha value is -3.39. The maximum Gasteiger partial charge on any atom is 0.248 e. The maximum atomic E-state index is 11.6. The number of amides is 1. The van der Waals surface area contributed by atoms with Crippen molar-refractivity contribution < 1.29 is 9.53 Å². The number of ether oxygens (including phenoxy) is 1. The van der Waals surface area contributed by atoms with Crippen molar-refractivity contribution in [2.75, 3.05) is 17.7 Å². The van der Waals surface area contributed by atoms with Crippen LogP contribution in [0.2, 0.25) is 0 Å². The SMILES string of the molecule is CNc1ccc(-c2csc(Nc3cc(C(N)=O)ccc3OC(C)C)n2)cc1C=N. The molecule has 8 heteroatoms. The predicted molar refractivity (Wildman–Crippen MR) is 119 cm³/mol. The number of primary amides is 1. The van der Waals surface area contributed by atoms with Gasteiger partial charge < -0.3 is 26.5 Å². The lowest BCUT2D eigenvalue weighted by molar-refractivity contribution is 0.100. The zero-order valence-electron chi connectivity index (χ0n) is 16.4. The number of carbonyl (C=O) groups excluding carboxylic acids is 1. The van der Waals surface area contributed by atoms with Crippen LogP contribution in [0.3, 0.4) is 0 Å². The Kier molecular flexibility index (Phi) is 6.13. The topological polar surface area (TPSA) is 113 Å². The predicted octanol–water partition coefficient (Wildman–Crippen LogP) is 4.48. The molecule has 29 heavy (non-hydrogen) atoms. The molecule has 0 spiro atoms. The summed E-state index contributed by atoms with van der Waals surface area (Å²) in [7, 11) is 1.82. The molecule has 1 aromatic heterocycles. The van der Waals surface area contributed by atoms with Crippen molar-refractivity contribution in [3.05, 3.63) is 52.9 Å². The number of anilines is 3. The van der Waals surface area contributed by atoms with E-state index in [1.165, 1.54) is 17.6 Å². The molecule has 0 radical (unpaired) electrons. The van der Waals surface area contributed by atoms with Gasteiger partial charge in [-0.3, -0.25) is 4.79 Å². The van der Waals surface area contributed by atoms with E-state index in [0.29, 0.717) is 22.1 Å². The van der Waals surface area contributed by atoms with Crippen LogP contribution in [0, 0.1) is 5.41 Å². The van der Waals surface area contributed by atoms with Crippen LogP contribution in [-0.4, -0.2) is 30.3 Å². The van der Waals surface area contributed by atoms with Gasteiger partial charge in [-0.1, -0.05) is 6.07 Å². The summed E-state index contributed by atoms with van der Waals surface area (Å²) in [6, 6.07) is 10.8. The number of aromatic nitrogens is 1. The van der Waals surface area contributed by atoms with Crippen molar-refractivity contribution in [1.29, 1.82) is 5.41 Å². The van der Waals surface area contributed by atoms with E-state index in [2.05, 4.69) is 15.6 Å². The van der Waals surface area contributed by atoms with Crippen LogP contribution >= 0.6 is 11.3 Å². The molecule has 3 rings (SSSR count). The van der Waals surface area contributed by atoms with Crippen molar-refractivity contribution >= 4 is 40.0 Å². The number of nitrogens with zero attached hydrogens (tertiary/aromatic N) is 1. The van der Waals surface area contributed by atoms with E-state index in [1.54, 1.807) is 18.2 Å². The number of nitrogens with two attached hydrogens (primary N) is 1. The second-order valence-electron chi connectivity index (χ2n) is 6.60. The van der Waals surface area contributed by atoms with Gasteiger partial charge in [0.25, 0.3) is 0 Å². The van der Waals surface area contributed by atoms with Crippen LogP contribution in [0.4, 0.5) is 16.5 Å². The Morgan fingerprint density at radius 2 is 2.03 bits per heavy atom. The van der Waals surface area contributed by atoms with Crippen molar-refractivity contribution in [3.63, 3.8) is 0 Å². The molecule has 0 aliphatic heterocycles. The van der Waals surface area contributed by atoms with E-state index in [4.69, 9.17) is 15.9 Å². The molecule has 0 atom stereocenters. The molecule has 1 amide bonds. The molecule has 1 heterocycles. The highest BCUT2D eigenvalue weighted by atomic mass is 32.1. The van der Waals surface area contributed by atoms with Gasteiger partial charge in [-0.05, 0) is 44.2 Å². The Morgan fingerprint density at radius 3 is 2.69 bits per heavy atom. The Morgan fingerprint density at radius 1 is 1.24 bits per heavy atom. The smallest absolute Gasteiger partial charge is 0.248 e. The fraction of sp³-hybridized carbons (Fsp3) is 0.190. The molecule has 7 nitrogen and oxygen atoms in total. The van der Waals surface area contributed by atoms with Gasteiger partial charge >= 0.3 is 0 Å². The third kappa shape index (κ3) is 4.72. The lowest BCUT2D eigenvalue weighted by Crippen LogP contribution is -2.12. The Labute approximate surface area is 173 Å². The first-order valence-corrected chi connectivity index (χ1v) is 9.95. The van der Waals surface area contributed by atoms with Gasteiger partial charge in [-0.2, -0.15) is 0 Å². The minimum atomic E-state index is -0.507. The van der Waals surface area contributed by atoms with Gasteiger partial charge in [-0.25, -0.2) is 4.98 Å². The van der Waals surface area contributed by atoms with Crippen LogP contribution < -0.4 is 21.1 Å². The fourth-order valence-corrected chi connectivity index (χ4v) is 3.52. The van der Waals surface area contributed by atoms with Gasteiger partial charge in [0.15, 0.2) is 5.13 Å². The van der Waals surface area contributed by atoms with E-state index in [1.807, 2.05) is 44.5 Å². The van der Waals surface area contributed by atoms with Crippen LogP contribution in [0.5, 0.6) is 5.75 Å². The van der Waals surface area contributed by atoms with Crippen molar-refractivity contribution in [1.82, 2.24) is 4.98 Å². The molecule has 0 aliphatic carbocycles. The molecule has 3 aromatic rings. The average Bonchev–Trinajstić information content (AvgIpc) is 3.16. The molecule has 150 valence electrons. The number of nitrogens with one attached hydrogen (secondary N) is 3. The van der Waals surface area contributed by atoms with Crippen LogP contribution in [0.25, 0.3) is 11.3 Å². The third-order valence-corrected chi connectivity index (χ3v) is 4.90.